The third-order valence-electron chi connectivity index (χ3n) is 5.68. The standard InChI is InChI=1S/C25H20N6O2/c32-24(28-14-18-6-3-4-11-26-18)19-15-29-31(23(19)16-8-9-16)25-27-12-10-20(30-25)22-13-17-5-1-2-7-21(17)33-22/h1-7,10-13,15-16H,8-9,14H2,(H,28,32). The number of aromatic nitrogens is 5. The average Bonchev–Trinajstić information content (AvgIpc) is 3.45. The number of amides is 1. The highest BCUT2D eigenvalue weighted by Gasteiger charge is 2.33. The second-order valence-corrected chi connectivity index (χ2v) is 8.02. The van der Waals surface area contributed by atoms with Crippen LogP contribution in [-0.4, -0.2) is 30.6 Å². The van der Waals surface area contributed by atoms with Crippen molar-refractivity contribution in [3.63, 3.8) is 0 Å². The van der Waals surface area contributed by atoms with Crippen molar-refractivity contribution in [1.29, 1.82) is 0 Å². The highest BCUT2D eigenvalue weighted by molar-refractivity contribution is 5.95. The van der Waals surface area contributed by atoms with Crippen molar-refractivity contribution in [2.75, 3.05) is 0 Å². The molecule has 1 N–H and O–H groups in total. The zero-order chi connectivity index (χ0) is 22.2. The molecule has 0 spiro atoms. The van der Waals surface area contributed by atoms with Gasteiger partial charge in [-0.05, 0) is 43.2 Å². The van der Waals surface area contributed by atoms with Crippen molar-refractivity contribution in [3.05, 3.63) is 90.1 Å². The Morgan fingerprint density at radius 3 is 2.76 bits per heavy atom. The van der Waals surface area contributed by atoms with Crippen LogP contribution in [-0.2, 0) is 6.54 Å². The smallest absolute Gasteiger partial charge is 0.255 e. The predicted molar refractivity (Wildman–Crippen MR) is 122 cm³/mol. The highest BCUT2D eigenvalue weighted by Crippen LogP contribution is 2.42. The van der Waals surface area contributed by atoms with E-state index in [0.717, 1.165) is 35.2 Å². The normalized spacial score (nSPS) is 13.3. The van der Waals surface area contributed by atoms with Crippen LogP contribution in [0.15, 0.2) is 77.6 Å². The van der Waals surface area contributed by atoms with Gasteiger partial charge in [0.15, 0.2) is 5.76 Å². The molecular weight excluding hydrogens is 416 g/mol. The number of furan rings is 1. The Bertz CT molecular complexity index is 1420. The minimum absolute atomic E-state index is 0.178. The van der Waals surface area contributed by atoms with Crippen LogP contribution < -0.4 is 5.32 Å². The van der Waals surface area contributed by atoms with E-state index in [9.17, 15) is 4.79 Å². The molecule has 8 nitrogen and oxygen atoms in total. The quantitative estimate of drug-likeness (QED) is 0.427. The van der Waals surface area contributed by atoms with E-state index in [1.807, 2.05) is 54.6 Å². The van der Waals surface area contributed by atoms with E-state index < -0.39 is 0 Å². The maximum absolute atomic E-state index is 13.0. The first-order chi connectivity index (χ1) is 16.3. The molecule has 1 saturated carbocycles. The summed E-state index contributed by atoms with van der Waals surface area (Å²) in [6.45, 7) is 0.354. The zero-order valence-corrected chi connectivity index (χ0v) is 17.7. The van der Waals surface area contributed by atoms with Gasteiger partial charge in [0.1, 0.15) is 11.3 Å². The fourth-order valence-corrected chi connectivity index (χ4v) is 3.91. The summed E-state index contributed by atoms with van der Waals surface area (Å²) in [7, 11) is 0. The number of benzene rings is 1. The van der Waals surface area contributed by atoms with Crippen LogP contribution in [0.25, 0.3) is 28.4 Å². The summed E-state index contributed by atoms with van der Waals surface area (Å²) in [5, 5.41) is 8.44. The molecule has 0 unspecified atom stereocenters. The Labute approximate surface area is 189 Å². The molecule has 6 rings (SSSR count). The van der Waals surface area contributed by atoms with E-state index in [1.165, 1.54) is 0 Å². The maximum Gasteiger partial charge on any atom is 0.255 e. The zero-order valence-electron chi connectivity index (χ0n) is 17.7. The summed E-state index contributed by atoms with van der Waals surface area (Å²) in [5.74, 6) is 1.16. The number of nitrogens with one attached hydrogen (secondary N) is 1. The van der Waals surface area contributed by atoms with Crippen LogP contribution in [0, 0.1) is 0 Å². The van der Waals surface area contributed by atoms with Gasteiger partial charge < -0.3 is 9.73 Å². The van der Waals surface area contributed by atoms with Crippen LogP contribution in [0.2, 0.25) is 0 Å². The van der Waals surface area contributed by atoms with Gasteiger partial charge in [-0.1, -0.05) is 24.3 Å². The van der Waals surface area contributed by atoms with E-state index >= 15 is 0 Å². The fraction of sp³-hybridized carbons (Fsp3) is 0.160. The molecule has 33 heavy (non-hydrogen) atoms. The number of para-hydroxylation sites is 1. The molecule has 5 aromatic rings. The molecule has 0 saturated heterocycles. The molecular formula is C25H20N6O2. The minimum Gasteiger partial charge on any atom is -0.454 e. The maximum atomic E-state index is 13.0. The molecule has 1 aliphatic rings. The number of nitrogens with zero attached hydrogens (tertiary/aromatic N) is 5. The van der Waals surface area contributed by atoms with Crippen molar-refractivity contribution in [3.8, 4) is 17.4 Å². The molecule has 8 heteroatoms. The lowest BCUT2D eigenvalue weighted by atomic mass is 10.1. The van der Waals surface area contributed by atoms with Crippen LogP contribution in [0.1, 0.15) is 40.5 Å². The van der Waals surface area contributed by atoms with Crippen molar-refractivity contribution < 1.29 is 9.21 Å². The van der Waals surface area contributed by atoms with Crippen molar-refractivity contribution in [2.45, 2.75) is 25.3 Å². The van der Waals surface area contributed by atoms with Crippen molar-refractivity contribution in [1.82, 2.24) is 30.0 Å². The van der Waals surface area contributed by atoms with Crippen LogP contribution >= 0.6 is 0 Å². The summed E-state index contributed by atoms with van der Waals surface area (Å²) in [6.07, 6.45) is 7.01. The first kappa shape index (κ1) is 19.4. The van der Waals surface area contributed by atoms with Gasteiger partial charge >= 0.3 is 0 Å². The van der Waals surface area contributed by atoms with Gasteiger partial charge in [0.25, 0.3) is 11.9 Å². The van der Waals surface area contributed by atoms with Gasteiger partial charge in [0.2, 0.25) is 0 Å². The summed E-state index contributed by atoms with van der Waals surface area (Å²) in [4.78, 5) is 26.3. The number of fused-ring (bicyclic) bond motifs is 1. The minimum atomic E-state index is -0.178. The van der Waals surface area contributed by atoms with Crippen LogP contribution in [0.3, 0.4) is 0 Å². The molecule has 1 amide bonds. The molecule has 0 bridgehead atoms. The van der Waals surface area contributed by atoms with Crippen molar-refractivity contribution in [2.24, 2.45) is 0 Å². The second-order valence-electron chi connectivity index (χ2n) is 8.02. The molecule has 162 valence electrons. The third-order valence-corrected chi connectivity index (χ3v) is 5.68. The van der Waals surface area contributed by atoms with Gasteiger partial charge in [-0.3, -0.25) is 9.78 Å². The van der Waals surface area contributed by atoms with E-state index in [4.69, 9.17) is 9.40 Å². The molecule has 1 aromatic carbocycles. The van der Waals surface area contributed by atoms with Crippen LogP contribution in [0.5, 0.6) is 0 Å². The second kappa shape index (κ2) is 7.98. The number of hydrogen-bond donors (Lipinski definition) is 1. The molecule has 0 radical (unpaired) electrons. The number of hydrogen-bond acceptors (Lipinski definition) is 6. The predicted octanol–water partition coefficient (Wildman–Crippen LogP) is 4.28. The monoisotopic (exact) mass is 436 g/mol. The Balaban J connectivity index is 1.32. The van der Waals surface area contributed by atoms with Crippen molar-refractivity contribution >= 4 is 16.9 Å². The Kier molecular flexibility index (Phi) is 4.68. The molecule has 4 heterocycles. The van der Waals surface area contributed by atoms with E-state index in [0.29, 0.717) is 29.5 Å². The number of carbonyl (C=O) groups is 1. The topological polar surface area (TPSA) is 98.7 Å². The molecule has 0 aliphatic heterocycles. The largest absolute Gasteiger partial charge is 0.454 e. The third kappa shape index (κ3) is 3.76. The van der Waals surface area contributed by atoms with E-state index in [1.54, 1.807) is 23.3 Å². The molecule has 1 fully saturated rings. The summed E-state index contributed by atoms with van der Waals surface area (Å²) in [5.41, 5.74) is 3.65. The first-order valence-corrected chi connectivity index (χ1v) is 10.8. The van der Waals surface area contributed by atoms with Crippen LogP contribution in [0.4, 0.5) is 0 Å². The molecule has 1 aliphatic carbocycles. The lowest BCUT2D eigenvalue weighted by Gasteiger charge is -2.09. The summed E-state index contributed by atoms with van der Waals surface area (Å²) >= 11 is 0. The average molecular weight is 436 g/mol. The van der Waals surface area contributed by atoms with Gasteiger partial charge in [-0.25, -0.2) is 14.6 Å². The summed E-state index contributed by atoms with van der Waals surface area (Å²) in [6, 6.07) is 17.2. The number of pyridine rings is 1. The van der Waals surface area contributed by atoms with Gasteiger partial charge in [-0.2, -0.15) is 5.10 Å². The SMILES string of the molecule is O=C(NCc1ccccn1)c1cnn(-c2nccc(-c3cc4ccccc4o3)n2)c1C1CC1. The van der Waals surface area contributed by atoms with Gasteiger partial charge in [0.05, 0.1) is 29.7 Å². The van der Waals surface area contributed by atoms with E-state index in [2.05, 4.69) is 20.4 Å². The Morgan fingerprint density at radius 1 is 1.06 bits per heavy atom. The first-order valence-electron chi connectivity index (χ1n) is 10.8. The number of rotatable bonds is 6. The lowest BCUT2D eigenvalue weighted by molar-refractivity contribution is 0.0949. The fourth-order valence-electron chi connectivity index (χ4n) is 3.91. The molecule has 4 aromatic heterocycles. The van der Waals surface area contributed by atoms with Gasteiger partial charge in [-0.15, -0.1) is 0 Å². The number of carbonyl (C=O) groups excluding carboxylic acids is 1. The molecule has 0 atom stereocenters. The highest BCUT2D eigenvalue weighted by atomic mass is 16.3. The Hall–Kier alpha value is -4.33. The Morgan fingerprint density at radius 2 is 1.94 bits per heavy atom. The summed E-state index contributed by atoms with van der Waals surface area (Å²) < 4.78 is 7.64. The van der Waals surface area contributed by atoms with Gasteiger partial charge in [0, 0.05) is 23.7 Å². The lowest BCUT2D eigenvalue weighted by Crippen LogP contribution is -2.24. The van der Waals surface area contributed by atoms with E-state index in [-0.39, 0.29) is 11.8 Å².